The highest BCUT2D eigenvalue weighted by atomic mass is 35.5. The number of carbonyl (C=O) groups is 1. The molecule has 0 fully saturated rings. The summed E-state index contributed by atoms with van der Waals surface area (Å²) in [6, 6.07) is 11.3. The zero-order valence-corrected chi connectivity index (χ0v) is 12.7. The van der Waals surface area contributed by atoms with Crippen molar-refractivity contribution in [3.05, 3.63) is 63.4 Å². The molecule has 23 heavy (non-hydrogen) atoms. The van der Waals surface area contributed by atoms with E-state index in [-0.39, 0.29) is 5.56 Å². The first kappa shape index (κ1) is 15.0. The van der Waals surface area contributed by atoms with E-state index in [0.717, 1.165) is 4.79 Å². The molecule has 0 aliphatic rings. The maximum atomic E-state index is 12.4. The van der Waals surface area contributed by atoms with Crippen LogP contribution >= 0.6 is 11.6 Å². The molecule has 8 heteroatoms. The number of hydrogen-bond donors (Lipinski definition) is 1. The Morgan fingerprint density at radius 3 is 2.83 bits per heavy atom. The predicted molar refractivity (Wildman–Crippen MR) is 85.5 cm³/mol. The summed E-state index contributed by atoms with van der Waals surface area (Å²) in [4.78, 5) is 25.4. The quantitative estimate of drug-likeness (QED) is 0.792. The monoisotopic (exact) mass is 330 g/mol. The Kier molecular flexibility index (Phi) is 3.94. The molecule has 0 spiro atoms. The number of benzene rings is 2. The number of nitrogens with one attached hydrogen (secondary N) is 1. The number of amides is 1. The standard InChI is InChI=1S/C15H11ClN4O3/c1-23-13-7-6-9(16)8-11(13)14(21)18-20-15(22)10-4-2-3-5-12(10)17-19-20/h2-8H,1H3,(H,18,21). The molecule has 0 radical (unpaired) electrons. The van der Waals surface area contributed by atoms with E-state index in [2.05, 4.69) is 15.7 Å². The number of nitrogens with zero attached hydrogens (tertiary/aromatic N) is 3. The molecule has 2 aromatic carbocycles. The molecule has 0 saturated carbocycles. The average Bonchev–Trinajstić information content (AvgIpc) is 2.57. The topological polar surface area (TPSA) is 86.1 Å². The van der Waals surface area contributed by atoms with Gasteiger partial charge in [-0.05, 0) is 35.5 Å². The first-order valence-electron chi connectivity index (χ1n) is 6.60. The summed E-state index contributed by atoms with van der Waals surface area (Å²) in [6.07, 6.45) is 0. The van der Waals surface area contributed by atoms with E-state index in [1.807, 2.05) is 0 Å². The van der Waals surface area contributed by atoms with Crippen LogP contribution in [0.2, 0.25) is 5.02 Å². The number of ether oxygens (including phenoxy) is 1. The Balaban J connectivity index is 1.99. The molecular weight excluding hydrogens is 320 g/mol. The summed E-state index contributed by atoms with van der Waals surface area (Å²) >= 11 is 5.90. The van der Waals surface area contributed by atoms with Gasteiger partial charge in [0, 0.05) is 5.02 Å². The van der Waals surface area contributed by atoms with Crippen LogP contribution in [0.25, 0.3) is 10.9 Å². The van der Waals surface area contributed by atoms with Crippen molar-refractivity contribution < 1.29 is 9.53 Å². The smallest absolute Gasteiger partial charge is 0.297 e. The fraction of sp³-hybridized carbons (Fsp3) is 0.0667. The van der Waals surface area contributed by atoms with E-state index in [0.29, 0.717) is 21.7 Å². The highest BCUT2D eigenvalue weighted by Crippen LogP contribution is 2.22. The SMILES string of the molecule is COc1ccc(Cl)cc1C(=O)Nn1nnc2ccccc2c1=O. The summed E-state index contributed by atoms with van der Waals surface area (Å²) in [5.41, 5.74) is 2.52. The lowest BCUT2D eigenvalue weighted by atomic mass is 10.2. The van der Waals surface area contributed by atoms with Gasteiger partial charge in [0.2, 0.25) is 0 Å². The minimum Gasteiger partial charge on any atom is -0.496 e. The van der Waals surface area contributed by atoms with Crippen LogP contribution in [0.4, 0.5) is 0 Å². The minimum atomic E-state index is -0.587. The van der Waals surface area contributed by atoms with Crippen LogP contribution in [0.5, 0.6) is 5.75 Å². The third-order valence-corrected chi connectivity index (χ3v) is 3.42. The normalized spacial score (nSPS) is 10.5. The molecule has 0 aliphatic carbocycles. The summed E-state index contributed by atoms with van der Waals surface area (Å²) < 4.78 is 5.12. The summed E-state index contributed by atoms with van der Waals surface area (Å²) in [5.74, 6) is -0.260. The van der Waals surface area contributed by atoms with Crippen LogP contribution in [-0.2, 0) is 0 Å². The number of methoxy groups -OCH3 is 1. The molecule has 0 aliphatic heterocycles. The second kappa shape index (κ2) is 6.05. The van der Waals surface area contributed by atoms with Gasteiger partial charge >= 0.3 is 0 Å². The minimum absolute atomic E-state index is 0.182. The van der Waals surface area contributed by atoms with Crippen LogP contribution in [0.15, 0.2) is 47.3 Å². The van der Waals surface area contributed by atoms with Gasteiger partial charge in [-0.1, -0.05) is 23.7 Å². The lowest BCUT2D eigenvalue weighted by Crippen LogP contribution is -2.36. The third-order valence-electron chi connectivity index (χ3n) is 3.18. The molecule has 1 N–H and O–H groups in total. The molecule has 0 bridgehead atoms. The molecule has 0 unspecified atom stereocenters. The number of rotatable bonds is 3. The molecule has 1 heterocycles. The van der Waals surface area contributed by atoms with E-state index < -0.39 is 11.5 Å². The summed E-state index contributed by atoms with van der Waals surface area (Å²) in [7, 11) is 1.43. The molecule has 0 atom stereocenters. The van der Waals surface area contributed by atoms with Crippen LogP contribution in [0.3, 0.4) is 0 Å². The molecular formula is C15H11ClN4O3. The maximum absolute atomic E-state index is 12.4. The average molecular weight is 331 g/mol. The van der Waals surface area contributed by atoms with Gasteiger partial charge in [0.05, 0.1) is 18.1 Å². The Morgan fingerprint density at radius 2 is 2.04 bits per heavy atom. The van der Waals surface area contributed by atoms with Crippen molar-refractivity contribution in [2.24, 2.45) is 0 Å². The van der Waals surface area contributed by atoms with Crippen LogP contribution in [0.1, 0.15) is 10.4 Å². The third kappa shape index (κ3) is 2.86. The predicted octanol–water partition coefficient (Wildman–Crippen LogP) is 1.84. The molecule has 3 aromatic rings. The Bertz CT molecular complexity index is 955. The van der Waals surface area contributed by atoms with Gasteiger partial charge in [0.1, 0.15) is 11.3 Å². The number of carbonyl (C=O) groups excluding carboxylic acids is 1. The van der Waals surface area contributed by atoms with Gasteiger partial charge in [-0.15, -0.1) is 9.89 Å². The van der Waals surface area contributed by atoms with E-state index in [4.69, 9.17) is 16.3 Å². The van der Waals surface area contributed by atoms with E-state index >= 15 is 0 Å². The Hall–Kier alpha value is -2.93. The number of halogens is 1. The zero-order chi connectivity index (χ0) is 16.4. The number of hydrogen-bond acceptors (Lipinski definition) is 5. The first-order valence-corrected chi connectivity index (χ1v) is 6.97. The van der Waals surface area contributed by atoms with E-state index in [1.165, 1.54) is 13.2 Å². The van der Waals surface area contributed by atoms with Gasteiger partial charge in [-0.2, -0.15) is 0 Å². The highest BCUT2D eigenvalue weighted by molar-refractivity contribution is 6.31. The Morgan fingerprint density at radius 1 is 1.26 bits per heavy atom. The van der Waals surface area contributed by atoms with E-state index in [9.17, 15) is 9.59 Å². The van der Waals surface area contributed by atoms with Gasteiger partial charge in [-0.25, -0.2) is 5.43 Å². The lowest BCUT2D eigenvalue weighted by molar-refractivity contribution is 0.100. The van der Waals surface area contributed by atoms with Crippen LogP contribution in [-0.4, -0.2) is 28.1 Å². The second-order valence-corrected chi connectivity index (χ2v) is 5.05. The van der Waals surface area contributed by atoms with Crippen molar-refractivity contribution in [3.63, 3.8) is 0 Å². The van der Waals surface area contributed by atoms with Crippen molar-refractivity contribution >= 4 is 28.4 Å². The molecule has 7 nitrogen and oxygen atoms in total. The Labute approximate surface area is 135 Å². The zero-order valence-electron chi connectivity index (χ0n) is 12.0. The second-order valence-electron chi connectivity index (χ2n) is 4.61. The number of aromatic nitrogens is 3. The molecule has 0 saturated heterocycles. The van der Waals surface area contributed by atoms with Crippen LogP contribution in [0, 0.1) is 0 Å². The molecule has 1 aromatic heterocycles. The van der Waals surface area contributed by atoms with Crippen molar-refractivity contribution in [3.8, 4) is 5.75 Å². The maximum Gasteiger partial charge on any atom is 0.297 e. The molecule has 3 rings (SSSR count). The molecule has 116 valence electrons. The highest BCUT2D eigenvalue weighted by Gasteiger charge is 2.15. The fourth-order valence-corrected chi connectivity index (χ4v) is 2.25. The fourth-order valence-electron chi connectivity index (χ4n) is 2.08. The van der Waals surface area contributed by atoms with Gasteiger partial charge in [0.15, 0.2) is 0 Å². The molecule has 1 amide bonds. The number of fused-ring (bicyclic) bond motifs is 1. The lowest BCUT2D eigenvalue weighted by Gasteiger charge is -2.10. The van der Waals surface area contributed by atoms with Crippen molar-refractivity contribution in [1.29, 1.82) is 0 Å². The van der Waals surface area contributed by atoms with Crippen molar-refractivity contribution in [2.75, 3.05) is 12.5 Å². The van der Waals surface area contributed by atoms with Gasteiger partial charge in [-0.3, -0.25) is 9.59 Å². The largest absolute Gasteiger partial charge is 0.496 e. The van der Waals surface area contributed by atoms with E-state index in [1.54, 1.807) is 36.4 Å². The van der Waals surface area contributed by atoms with Crippen molar-refractivity contribution in [2.45, 2.75) is 0 Å². The summed E-state index contributed by atoms with van der Waals surface area (Å²) in [5, 5.41) is 8.30. The first-order chi connectivity index (χ1) is 11.1. The summed E-state index contributed by atoms with van der Waals surface area (Å²) in [6.45, 7) is 0. The van der Waals surface area contributed by atoms with Gasteiger partial charge in [0.25, 0.3) is 11.5 Å². The van der Waals surface area contributed by atoms with Crippen LogP contribution < -0.4 is 15.7 Å². The van der Waals surface area contributed by atoms with Gasteiger partial charge < -0.3 is 4.74 Å². The van der Waals surface area contributed by atoms with Crippen molar-refractivity contribution in [1.82, 2.24) is 15.1 Å².